The molecule has 2 aliphatic rings. The van der Waals surface area contributed by atoms with Crippen molar-refractivity contribution in [3.8, 4) is 0 Å². The van der Waals surface area contributed by atoms with Crippen LogP contribution in [0, 0.1) is 11.8 Å². The number of nitrogens with zero attached hydrogens (tertiary/aromatic N) is 3. The van der Waals surface area contributed by atoms with E-state index in [9.17, 15) is 13.6 Å². The molecule has 4 nitrogen and oxygen atoms in total. The molecule has 124 valence electrons. The molecular weight excluding hydrogens is 300 g/mol. The monoisotopic (exact) mass is 321 g/mol. The summed E-state index contributed by atoms with van der Waals surface area (Å²) in [7, 11) is 0. The van der Waals surface area contributed by atoms with Crippen molar-refractivity contribution in [1.29, 1.82) is 0 Å². The molecular formula is C17H21F2N3O. The first-order valence-corrected chi connectivity index (χ1v) is 8.02. The van der Waals surface area contributed by atoms with Crippen LogP contribution in [0.3, 0.4) is 0 Å². The number of likely N-dealkylation sites (tertiary alicyclic amines) is 2. The van der Waals surface area contributed by atoms with Gasteiger partial charge < -0.3 is 4.90 Å². The Balaban J connectivity index is 1.70. The lowest BCUT2D eigenvalue weighted by atomic mass is 9.84. The van der Waals surface area contributed by atoms with Crippen LogP contribution in [0.2, 0.25) is 0 Å². The molecule has 0 bridgehead atoms. The lowest BCUT2D eigenvalue weighted by Gasteiger charge is -2.44. The lowest BCUT2D eigenvalue weighted by Crippen LogP contribution is -2.53. The lowest BCUT2D eigenvalue weighted by molar-refractivity contribution is 0.0448. The van der Waals surface area contributed by atoms with Crippen molar-refractivity contribution in [2.24, 2.45) is 0 Å². The van der Waals surface area contributed by atoms with Crippen molar-refractivity contribution >= 4 is 5.91 Å². The molecule has 1 spiro atoms. The van der Waals surface area contributed by atoms with Gasteiger partial charge in [0.1, 0.15) is 0 Å². The normalized spacial score (nSPS) is 20.9. The van der Waals surface area contributed by atoms with Gasteiger partial charge in [-0.05, 0) is 32.2 Å². The van der Waals surface area contributed by atoms with Crippen LogP contribution in [0.4, 0.5) is 8.78 Å². The SMILES string of the molecule is C=CCN1CCCC12CCN(C(=O)c1cc(F)ncc1F)CC2. The summed E-state index contributed by atoms with van der Waals surface area (Å²) in [4.78, 5) is 19.7. The zero-order chi connectivity index (χ0) is 16.4. The second-order valence-corrected chi connectivity index (χ2v) is 6.34. The fraction of sp³-hybridized carbons (Fsp3) is 0.529. The number of carbonyl (C=O) groups excluding carboxylic acids is 1. The minimum absolute atomic E-state index is 0.132. The molecule has 23 heavy (non-hydrogen) atoms. The molecule has 0 N–H and O–H groups in total. The summed E-state index contributed by atoms with van der Waals surface area (Å²) < 4.78 is 26.9. The Morgan fingerprint density at radius 1 is 1.30 bits per heavy atom. The molecule has 0 aliphatic carbocycles. The van der Waals surface area contributed by atoms with Gasteiger partial charge >= 0.3 is 0 Å². The molecule has 3 rings (SSSR count). The van der Waals surface area contributed by atoms with Crippen LogP contribution in [0.1, 0.15) is 36.0 Å². The van der Waals surface area contributed by atoms with E-state index in [0.29, 0.717) is 13.1 Å². The van der Waals surface area contributed by atoms with Crippen LogP contribution < -0.4 is 0 Å². The quantitative estimate of drug-likeness (QED) is 0.634. The Bertz CT molecular complexity index is 612. The molecule has 1 aromatic heterocycles. The second-order valence-electron chi connectivity index (χ2n) is 6.34. The number of carbonyl (C=O) groups is 1. The molecule has 2 saturated heterocycles. The number of rotatable bonds is 3. The number of hydrogen-bond donors (Lipinski definition) is 0. The van der Waals surface area contributed by atoms with Crippen LogP contribution in [-0.2, 0) is 0 Å². The molecule has 0 atom stereocenters. The zero-order valence-electron chi connectivity index (χ0n) is 13.1. The molecule has 0 aromatic carbocycles. The number of halogens is 2. The van der Waals surface area contributed by atoms with Crippen molar-refractivity contribution in [3.63, 3.8) is 0 Å². The Labute approximate surface area is 134 Å². The van der Waals surface area contributed by atoms with E-state index in [1.165, 1.54) is 0 Å². The maximum atomic E-state index is 13.7. The van der Waals surface area contributed by atoms with Crippen molar-refractivity contribution in [1.82, 2.24) is 14.8 Å². The van der Waals surface area contributed by atoms with Gasteiger partial charge in [-0.1, -0.05) is 6.08 Å². The number of pyridine rings is 1. The van der Waals surface area contributed by atoms with Crippen molar-refractivity contribution in [2.45, 2.75) is 31.2 Å². The van der Waals surface area contributed by atoms with Crippen LogP contribution in [-0.4, -0.2) is 52.4 Å². The fourth-order valence-electron chi connectivity index (χ4n) is 3.87. The number of amides is 1. The van der Waals surface area contributed by atoms with Gasteiger partial charge in [0, 0.05) is 31.2 Å². The summed E-state index contributed by atoms with van der Waals surface area (Å²) in [6.45, 7) is 6.86. The first kappa shape index (κ1) is 16.1. The van der Waals surface area contributed by atoms with E-state index in [4.69, 9.17) is 0 Å². The Morgan fingerprint density at radius 3 is 2.74 bits per heavy atom. The summed E-state index contributed by atoms with van der Waals surface area (Å²) in [6, 6.07) is 0.877. The average Bonchev–Trinajstić information content (AvgIpc) is 2.93. The van der Waals surface area contributed by atoms with E-state index in [1.54, 1.807) is 4.90 Å². The molecule has 2 aliphatic heterocycles. The van der Waals surface area contributed by atoms with Gasteiger partial charge in [-0.15, -0.1) is 6.58 Å². The Morgan fingerprint density at radius 2 is 2.04 bits per heavy atom. The zero-order valence-corrected chi connectivity index (χ0v) is 13.1. The van der Waals surface area contributed by atoms with E-state index < -0.39 is 17.7 Å². The van der Waals surface area contributed by atoms with Crippen LogP contribution in [0.5, 0.6) is 0 Å². The van der Waals surface area contributed by atoms with Gasteiger partial charge in [-0.2, -0.15) is 4.39 Å². The number of hydrogen-bond acceptors (Lipinski definition) is 3. The third kappa shape index (κ3) is 3.00. The Hall–Kier alpha value is -1.82. The predicted molar refractivity (Wildman–Crippen MR) is 83.0 cm³/mol. The highest BCUT2D eigenvalue weighted by atomic mass is 19.1. The van der Waals surface area contributed by atoms with Gasteiger partial charge in [-0.25, -0.2) is 9.37 Å². The minimum atomic E-state index is -0.837. The highest BCUT2D eigenvalue weighted by molar-refractivity contribution is 5.94. The van der Waals surface area contributed by atoms with Gasteiger partial charge in [0.05, 0.1) is 11.8 Å². The van der Waals surface area contributed by atoms with Crippen LogP contribution >= 0.6 is 0 Å². The standard InChI is InChI=1S/C17H21F2N3O/c1-2-7-22-8-3-4-17(22)5-9-21(10-6-17)16(23)13-11-15(19)20-12-14(13)18/h2,11-12H,1,3-10H2. The van der Waals surface area contributed by atoms with Crippen molar-refractivity contribution in [3.05, 3.63) is 42.2 Å². The highest BCUT2D eigenvalue weighted by Gasteiger charge is 2.43. The predicted octanol–water partition coefficient (Wildman–Crippen LogP) is 2.62. The van der Waals surface area contributed by atoms with Gasteiger partial charge in [-0.3, -0.25) is 9.69 Å². The number of piperidine rings is 1. The maximum Gasteiger partial charge on any atom is 0.257 e. The summed E-state index contributed by atoms with van der Waals surface area (Å²) >= 11 is 0. The topological polar surface area (TPSA) is 36.4 Å². The van der Waals surface area contributed by atoms with Gasteiger partial charge in [0.2, 0.25) is 5.95 Å². The summed E-state index contributed by atoms with van der Waals surface area (Å²) in [5.74, 6) is -2.06. The van der Waals surface area contributed by atoms with E-state index in [1.807, 2.05) is 6.08 Å². The molecule has 1 aromatic rings. The third-order valence-corrected chi connectivity index (χ3v) is 5.12. The fourth-order valence-corrected chi connectivity index (χ4v) is 3.87. The molecule has 0 saturated carbocycles. The van der Waals surface area contributed by atoms with E-state index in [-0.39, 0.29) is 11.1 Å². The second kappa shape index (κ2) is 6.35. The number of aromatic nitrogens is 1. The molecule has 2 fully saturated rings. The van der Waals surface area contributed by atoms with Crippen molar-refractivity contribution in [2.75, 3.05) is 26.2 Å². The molecule has 3 heterocycles. The molecule has 0 unspecified atom stereocenters. The molecule has 1 amide bonds. The Kier molecular flexibility index (Phi) is 4.43. The smallest absolute Gasteiger partial charge is 0.257 e. The first-order valence-electron chi connectivity index (χ1n) is 8.02. The van der Waals surface area contributed by atoms with Crippen LogP contribution in [0.15, 0.2) is 24.9 Å². The highest BCUT2D eigenvalue weighted by Crippen LogP contribution is 2.38. The summed E-state index contributed by atoms with van der Waals surface area (Å²) in [6.07, 6.45) is 6.69. The van der Waals surface area contributed by atoms with E-state index in [2.05, 4.69) is 16.5 Å². The van der Waals surface area contributed by atoms with Crippen molar-refractivity contribution < 1.29 is 13.6 Å². The third-order valence-electron chi connectivity index (χ3n) is 5.12. The molecule has 6 heteroatoms. The van der Waals surface area contributed by atoms with Crippen LogP contribution in [0.25, 0.3) is 0 Å². The minimum Gasteiger partial charge on any atom is -0.338 e. The summed E-state index contributed by atoms with van der Waals surface area (Å²) in [5.41, 5.74) is -0.102. The van der Waals surface area contributed by atoms with Gasteiger partial charge in [0.25, 0.3) is 5.91 Å². The van der Waals surface area contributed by atoms with E-state index in [0.717, 1.165) is 51.0 Å². The van der Waals surface area contributed by atoms with E-state index >= 15 is 0 Å². The first-order chi connectivity index (χ1) is 11.1. The van der Waals surface area contributed by atoms with Gasteiger partial charge in [0.15, 0.2) is 5.82 Å². The average molecular weight is 321 g/mol. The molecule has 0 radical (unpaired) electrons. The summed E-state index contributed by atoms with van der Waals surface area (Å²) in [5, 5.41) is 0. The largest absolute Gasteiger partial charge is 0.338 e. The maximum absolute atomic E-state index is 13.7.